The lowest BCUT2D eigenvalue weighted by Crippen LogP contribution is -2.54. The third-order valence-corrected chi connectivity index (χ3v) is 8.10. The first-order chi connectivity index (χ1) is 14.9. The Morgan fingerprint density at radius 1 is 1.13 bits per heavy atom. The van der Waals surface area contributed by atoms with Gasteiger partial charge in [-0.15, -0.1) is 0 Å². The third-order valence-electron chi connectivity index (χ3n) is 7.35. The molecule has 0 saturated carbocycles. The maximum atomic E-state index is 13.9. The molecular formula is C23H19BrClN3O3. The summed E-state index contributed by atoms with van der Waals surface area (Å²) >= 11 is 9.80. The summed E-state index contributed by atoms with van der Waals surface area (Å²) < 4.78 is 0.864. The van der Waals surface area contributed by atoms with Crippen LogP contribution in [0.5, 0.6) is 0 Å². The number of nitrogens with zero attached hydrogens (tertiary/aromatic N) is 2. The molecule has 6 nitrogen and oxygen atoms in total. The highest BCUT2D eigenvalue weighted by molar-refractivity contribution is 9.10. The molecule has 0 bridgehead atoms. The summed E-state index contributed by atoms with van der Waals surface area (Å²) in [5, 5.41) is 3.54. The summed E-state index contributed by atoms with van der Waals surface area (Å²) in [4.78, 5) is 44.5. The van der Waals surface area contributed by atoms with E-state index in [-0.39, 0.29) is 23.8 Å². The number of imide groups is 1. The molecule has 4 atom stereocenters. The number of amides is 3. The predicted octanol–water partition coefficient (Wildman–Crippen LogP) is 3.84. The fraction of sp³-hybridized carbons (Fsp3) is 0.348. The van der Waals surface area contributed by atoms with E-state index in [1.807, 2.05) is 25.1 Å². The molecule has 0 aromatic heterocycles. The van der Waals surface area contributed by atoms with Crippen molar-refractivity contribution in [1.29, 1.82) is 0 Å². The van der Waals surface area contributed by atoms with Crippen LogP contribution in [0.2, 0.25) is 5.02 Å². The van der Waals surface area contributed by atoms with Gasteiger partial charge < -0.3 is 5.32 Å². The average molecular weight is 501 g/mol. The van der Waals surface area contributed by atoms with Crippen molar-refractivity contribution in [3.8, 4) is 0 Å². The van der Waals surface area contributed by atoms with E-state index in [9.17, 15) is 14.4 Å². The van der Waals surface area contributed by atoms with Crippen LogP contribution in [0, 0.1) is 18.8 Å². The highest BCUT2D eigenvalue weighted by Crippen LogP contribution is 2.61. The van der Waals surface area contributed by atoms with Crippen LogP contribution in [-0.4, -0.2) is 35.2 Å². The van der Waals surface area contributed by atoms with Crippen molar-refractivity contribution in [2.45, 2.75) is 31.3 Å². The van der Waals surface area contributed by atoms with Gasteiger partial charge in [-0.1, -0.05) is 27.5 Å². The molecule has 8 heteroatoms. The van der Waals surface area contributed by atoms with E-state index in [0.29, 0.717) is 22.9 Å². The number of fused-ring (bicyclic) bond motifs is 7. The summed E-state index contributed by atoms with van der Waals surface area (Å²) in [5.41, 5.74) is 1.62. The number of carbonyl (C=O) groups excluding carboxylic acids is 3. The van der Waals surface area contributed by atoms with Gasteiger partial charge in [-0.05, 0) is 68.3 Å². The molecule has 31 heavy (non-hydrogen) atoms. The number of nitrogens with one attached hydrogen (secondary N) is 1. The van der Waals surface area contributed by atoms with Gasteiger partial charge >= 0.3 is 0 Å². The van der Waals surface area contributed by atoms with Crippen LogP contribution < -0.4 is 10.2 Å². The summed E-state index contributed by atoms with van der Waals surface area (Å²) in [7, 11) is 0. The zero-order valence-corrected chi connectivity index (χ0v) is 19.0. The van der Waals surface area contributed by atoms with Crippen molar-refractivity contribution in [2.24, 2.45) is 11.8 Å². The second-order valence-electron chi connectivity index (χ2n) is 8.76. The molecule has 3 fully saturated rings. The first-order valence-corrected chi connectivity index (χ1v) is 11.5. The minimum Gasteiger partial charge on any atom is -0.324 e. The SMILES string of the molecule is Cc1cc(Cl)cc2c1NC(=O)[C@@]21[C@@H]2C(=O)N(c3ccc(Br)cc3)C(=O)[C@H]2[C@@H]2CCCN21. The smallest absolute Gasteiger partial charge is 0.250 e. The van der Waals surface area contributed by atoms with Crippen LogP contribution in [0.4, 0.5) is 11.4 Å². The molecule has 4 aliphatic rings. The minimum absolute atomic E-state index is 0.141. The Morgan fingerprint density at radius 3 is 2.61 bits per heavy atom. The van der Waals surface area contributed by atoms with Crippen LogP contribution in [0.25, 0.3) is 0 Å². The van der Waals surface area contributed by atoms with E-state index < -0.39 is 17.4 Å². The van der Waals surface area contributed by atoms with E-state index >= 15 is 0 Å². The van der Waals surface area contributed by atoms with Crippen molar-refractivity contribution >= 4 is 56.6 Å². The quantitative estimate of drug-likeness (QED) is 0.604. The van der Waals surface area contributed by atoms with Crippen LogP contribution in [0.3, 0.4) is 0 Å². The second kappa shape index (κ2) is 6.40. The van der Waals surface area contributed by atoms with Gasteiger partial charge in [0.2, 0.25) is 17.7 Å². The number of halogens is 2. The molecular weight excluding hydrogens is 482 g/mol. The second-order valence-corrected chi connectivity index (χ2v) is 10.1. The van der Waals surface area contributed by atoms with Crippen molar-refractivity contribution in [2.75, 3.05) is 16.8 Å². The summed E-state index contributed by atoms with van der Waals surface area (Å²) in [6, 6.07) is 10.6. The van der Waals surface area contributed by atoms with Crippen LogP contribution in [0.15, 0.2) is 40.9 Å². The number of carbonyl (C=O) groups is 3. The largest absolute Gasteiger partial charge is 0.324 e. The normalized spacial score (nSPS) is 31.4. The molecule has 1 N–H and O–H groups in total. The first-order valence-electron chi connectivity index (χ1n) is 10.4. The van der Waals surface area contributed by atoms with Gasteiger partial charge in [0.15, 0.2) is 0 Å². The highest BCUT2D eigenvalue weighted by atomic mass is 79.9. The van der Waals surface area contributed by atoms with Gasteiger partial charge in [-0.2, -0.15) is 0 Å². The predicted molar refractivity (Wildman–Crippen MR) is 120 cm³/mol. The van der Waals surface area contributed by atoms with Gasteiger partial charge in [0.05, 0.1) is 17.5 Å². The first kappa shape index (κ1) is 19.5. The zero-order valence-electron chi connectivity index (χ0n) is 16.7. The molecule has 4 aliphatic heterocycles. The number of anilines is 2. The molecule has 3 saturated heterocycles. The molecule has 0 radical (unpaired) electrons. The van der Waals surface area contributed by atoms with Crippen LogP contribution in [-0.2, 0) is 19.9 Å². The Morgan fingerprint density at radius 2 is 1.87 bits per heavy atom. The van der Waals surface area contributed by atoms with E-state index in [0.717, 1.165) is 28.4 Å². The Bertz CT molecular complexity index is 1180. The monoisotopic (exact) mass is 499 g/mol. The fourth-order valence-electron chi connectivity index (χ4n) is 6.28. The number of benzene rings is 2. The van der Waals surface area contributed by atoms with Crippen LogP contribution in [0.1, 0.15) is 24.0 Å². The summed E-state index contributed by atoms with van der Waals surface area (Å²) in [6.07, 6.45) is 1.68. The standard InChI is InChI=1S/C23H19BrClN3O3/c1-11-9-13(25)10-15-19(11)26-22(31)23(15)18-17(16-3-2-8-27(16)23)20(29)28(21(18)30)14-6-4-12(24)5-7-14/h4-7,9-10,16-18H,2-3,8H2,1H3,(H,26,31)/t16-,17-,18-,23-/m0/s1. The van der Waals surface area contributed by atoms with Crippen molar-refractivity contribution in [3.05, 3.63) is 57.0 Å². The van der Waals surface area contributed by atoms with Crippen LogP contribution >= 0.6 is 27.5 Å². The molecule has 2 aromatic rings. The van der Waals surface area contributed by atoms with Crippen molar-refractivity contribution < 1.29 is 14.4 Å². The van der Waals surface area contributed by atoms with Crippen molar-refractivity contribution in [3.63, 3.8) is 0 Å². The van der Waals surface area contributed by atoms with Gasteiger partial charge in [0.25, 0.3) is 0 Å². The van der Waals surface area contributed by atoms with Gasteiger partial charge in [0, 0.05) is 26.8 Å². The Balaban J connectivity index is 1.57. The Kier molecular flexibility index (Phi) is 4.02. The molecule has 158 valence electrons. The van der Waals surface area contributed by atoms with E-state index in [1.165, 1.54) is 4.90 Å². The van der Waals surface area contributed by atoms with E-state index in [4.69, 9.17) is 11.6 Å². The number of hydrogen-bond acceptors (Lipinski definition) is 4. The van der Waals surface area contributed by atoms with Gasteiger partial charge in [0.1, 0.15) is 5.54 Å². The molecule has 3 amide bonds. The topological polar surface area (TPSA) is 69.7 Å². The molecule has 2 aromatic carbocycles. The maximum Gasteiger partial charge on any atom is 0.250 e. The van der Waals surface area contributed by atoms with E-state index in [1.54, 1.807) is 18.2 Å². The summed E-state index contributed by atoms with van der Waals surface area (Å²) in [6.45, 7) is 2.57. The fourth-order valence-corrected chi connectivity index (χ4v) is 6.82. The number of aryl methyl sites for hydroxylation is 1. The number of hydrogen-bond donors (Lipinski definition) is 1. The molecule has 0 unspecified atom stereocenters. The maximum absolute atomic E-state index is 13.9. The van der Waals surface area contributed by atoms with Gasteiger partial charge in [-0.25, -0.2) is 4.90 Å². The third kappa shape index (κ3) is 2.29. The zero-order chi connectivity index (χ0) is 21.7. The lowest BCUT2D eigenvalue weighted by Gasteiger charge is -2.36. The molecule has 6 rings (SSSR count). The molecule has 4 heterocycles. The van der Waals surface area contributed by atoms with Gasteiger partial charge in [-0.3, -0.25) is 19.3 Å². The average Bonchev–Trinajstić information content (AvgIpc) is 3.42. The minimum atomic E-state index is -1.20. The van der Waals surface area contributed by atoms with Crippen molar-refractivity contribution in [1.82, 2.24) is 4.90 Å². The lowest BCUT2D eigenvalue weighted by molar-refractivity contribution is -0.135. The Labute approximate surface area is 192 Å². The lowest BCUT2D eigenvalue weighted by atomic mass is 9.75. The molecule has 0 aliphatic carbocycles. The van der Waals surface area contributed by atoms with E-state index in [2.05, 4.69) is 26.1 Å². The number of rotatable bonds is 1. The molecule has 1 spiro atoms. The Hall–Kier alpha value is -2.22. The summed E-state index contributed by atoms with van der Waals surface area (Å²) in [5.74, 6) is -2.08. The highest BCUT2D eigenvalue weighted by Gasteiger charge is 2.74.